The molecule has 2 amide bonds. The highest BCUT2D eigenvalue weighted by Crippen LogP contribution is 2.04. The summed E-state index contributed by atoms with van der Waals surface area (Å²) in [5, 5.41) is 3.52. The maximum absolute atomic E-state index is 11.1. The summed E-state index contributed by atoms with van der Waals surface area (Å²) in [5.74, 6) is -0.768. The molecule has 1 heterocycles. The summed E-state index contributed by atoms with van der Waals surface area (Å²) in [7, 11) is 1.50. The molecule has 1 fully saturated rings. The normalized spacial score (nSPS) is 23.0. The maximum atomic E-state index is 11.1. The van der Waals surface area contributed by atoms with Gasteiger partial charge in [-0.05, 0) is 0 Å². The minimum Gasteiger partial charge on any atom is -0.341 e. The molecule has 1 unspecified atom stereocenters. The molecular formula is C6H9ClN2O3. The fourth-order valence-electron chi connectivity index (χ4n) is 0.877. The Morgan fingerprint density at radius 3 is 3.00 bits per heavy atom. The van der Waals surface area contributed by atoms with Crippen LogP contribution in [0.1, 0.15) is 0 Å². The number of carbonyl (C=O) groups is 2. The topological polar surface area (TPSA) is 58.6 Å². The summed E-state index contributed by atoms with van der Waals surface area (Å²) >= 11 is 5.24. The second-order valence-electron chi connectivity index (χ2n) is 2.39. The van der Waals surface area contributed by atoms with Gasteiger partial charge in [0.2, 0.25) is 5.91 Å². The van der Waals surface area contributed by atoms with Crippen LogP contribution in [0.25, 0.3) is 0 Å². The standard InChI is InChI=1S/C6H9ClN2O3/c1-9-6(11)4(3-12-9)8-5(10)2-7/h4H,2-3H2,1H3,(H,8,10). The van der Waals surface area contributed by atoms with Gasteiger partial charge in [-0.2, -0.15) is 0 Å². The van der Waals surface area contributed by atoms with Gasteiger partial charge in [-0.3, -0.25) is 14.4 Å². The zero-order chi connectivity index (χ0) is 9.14. The average molecular weight is 193 g/mol. The molecule has 0 aromatic rings. The molecule has 0 bridgehead atoms. The van der Waals surface area contributed by atoms with Crippen molar-refractivity contribution in [2.75, 3.05) is 19.5 Å². The van der Waals surface area contributed by atoms with Crippen molar-refractivity contribution < 1.29 is 14.4 Å². The minimum absolute atomic E-state index is 0.145. The van der Waals surface area contributed by atoms with Crippen LogP contribution >= 0.6 is 11.6 Å². The molecule has 0 spiro atoms. The monoisotopic (exact) mass is 192 g/mol. The van der Waals surface area contributed by atoms with Gasteiger partial charge in [0.25, 0.3) is 5.91 Å². The van der Waals surface area contributed by atoms with Gasteiger partial charge in [-0.25, -0.2) is 5.06 Å². The molecule has 1 N–H and O–H groups in total. The SMILES string of the molecule is CN1OCC(NC(=O)CCl)C1=O. The Morgan fingerprint density at radius 1 is 1.92 bits per heavy atom. The van der Waals surface area contributed by atoms with E-state index in [1.807, 2.05) is 0 Å². The molecule has 1 aliphatic rings. The average Bonchev–Trinajstić information content (AvgIpc) is 2.36. The van der Waals surface area contributed by atoms with Crippen LogP contribution in [-0.2, 0) is 14.4 Å². The Morgan fingerprint density at radius 2 is 2.58 bits per heavy atom. The number of nitrogens with zero attached hydrogens (tertiary/aromatic N) is 1. The molecule has 68 valence electrons. The summed E-state index contributed by atoms with van der Waals surface area (Å²) < 4.78 is 0. The molecule has 1 saturated heterocycles. The van der Waals surface area contributed by atoms with Crippen LogP contribution in [0, 0.1) is 0 Å². The lowest BCUT2D eigenvalue weighted by molar-refractivity contribution is -0.154. The van der Waals surface area contributed by atoms with Gasteiger partial charge in [0, 0.05) is 7.05 Å². The number of hydrogen-bond donors (Lipinski definition) is 1. The molecule has 0 saturated carbocycles. The van der Waals surface area contributed by atoms with E-state index in [1.54, 1.807) is 0 Å². The van der Waals surface area contributed by atoms with E-state index >= 15 is 0 Å². The molecule has 0 aromatic carbocycles. The highest BCUT2D eigenvalue weighted by molar-refractivity contribution is 6.27. The molecule has 5 nitrogen and oxygen atoms in total. The van der Waals surface area contributed by atoms with Crippen molar-refractivity contribution >= 4 is 23.4 Å². The highest BCUT2D eigenvalue weighted by atomic mass is 35.5. The Hall–Kier alpha value is -0.810. The summed E-state index contributed by atoms with van der Waals surface area (Å²) in [6, 6.07) is -0.582. The second-order valence-corrected chi connectivity index (χ2v) is 2.65. The highest BCUT2D eigenvalue weighted by Gasteiger charge is 2.31. The van der Waals surface area contributed by atoms with Crippen molar-refractivity contribution in [1.29, 1.82) is 0 Å². The zero-order valence-electron chi connectivity index (χ0n) is 6.54. The summed E-state index contributed by atoms with van der Waals surface area (Å²) in [6.07, 6.45) is 0. The number of amides is 2. The van der Waals surface area contributed by atoms with E-state index in [1.165, 1.54) is 7.05 Å². The Kier molecular flexibility index (Phi) is 2.88. The molecule has 0 aliphatic carbocycles. The van der Waals surface area contributed by atoms with Gasteiger partial charge in [-0.1, -0.05) is 0 Å². The first-order chi connectivity index (χ1) is 5.65. The van der Waals surface area contributed by atoms with Crippen LogP contribution in [0.2, 0.25) is 0 Å². The number of nitrogens with one attached hydrogen (secondary N) is 1. The lowest BCUT2D eigenvalue weighted by Crippen LogP contribution is -2.42. The lowest BCUT2D eigenvalue weighted by Gasteiger charge is -2.07. The van der Waals surface area contributed by atoms with Crippen molar-refractivity contribution in [3.63, 3.8) is 0 Å². The van der Waals surface area contributed by atoms with Gasteiger partial charge in [-0.15, -0.1) is 11.6 Å². The first kappa shape index (κ1) is 9.28. The summed E-state index contributed by atoms with van der Waals surface area (Å²) in [5.41, 5.74) is 0. The van der Waals surface area contributed by atoms with Crippen LogP contribution in [-0.4, -0.2) is 42.5 Å². The van der Waals surface area contributed by atoms with Crippen LogP contribution in [0.5, 0.6) is 0 Å². The van der Waals surface area contributed by atoms with Crippen LogP contribution < -0.4 is 5.32 Å². The first-order valence-electron chi connectivity index (χ1n) is 3.41. The van der Waals surface area contributed by atoms with Gasteiger partial charge < -0.3 is 5.32 Å². The van der Waals surface area contributed by atoms with E-state index < -0.39 is 6.04 Å². The fraction of sp³-hybridized carbons (Fsp3) is 0.667. The van der Waals surface area contributed by atoms with E-state index in [0.717, 1.165) is 5.06 Å². The van der Waals surface area contributed by atoms with Gasteiger partial charge in [0.15, 0.2) is 0 Å². The third-order valence-corrected chi connectivity index (χ3v) is 1.74. The summed E-state index contributed by atoms with van der Waals surface area (Å²) in [4.78, 5) is 26.7. The molecule has 0 radical (unpaired) electrons. The first-order valence-corrected chi connectivity index (χ1v) is 3.94. The van der Waals surface area contributed by atoms with Crippen LogP contribution in [0.15, 0.2) is 0 Å². The molecule has 1 rings (SSSR count). The van der Waals surface area contributed by atoms with E-state index in [2.05, 4.69) is 5.32 Å². The Bertz CT molecular complexity index is 209. The number of rotatable bonds is 2. The largest absolute Gasteiger partial charge is 0.341 e. The third-order valence-electron chi connectivity index (χ3n) is 1.50. The quantitative estimate of drug-likeness (QED) is 0.578. The molecule has 1 atom stereocenters. The van der Waals surface area contributed by atoms with Gasteiger partial charge in [0.05, 0.1) is 0 Å². The Labute approximate surface area is 74.6 Å². The minimum atomic E-state index is -0.582. The van der Waals surface area contributed by atoms with Crippen molar-refractivity contribution in [2.45, 2.75) is 6.04 Å². The molecule has 1 aliphatic heterocycles. The molecular weight excluding hydrogens is 184 g/mol. The third kappa shape index (κ3) is 1.86. The van der Waals surface area contributed by atoms with Crippen molar-refractivity contribution in [3.8, 4) is 0 Å². The van der Waals surface area contributed by atoms with Crippen molar-refractivity contribution in [1.82, 2.24) is 10.4 Å². The predicted molar refractivity (Wildman–Crippen MR) is 41.4 cm³/mol. The number of alkyl halides is 1. The van der Waals surface area contributed by atoms with Crippen LogP contribution in [0.4, 0.5) is 0 Å². The van der Waals surface area contributed by atoms with E-state index in [0.29, 0.717) is 0 Å². The fourth-order valence-corrected chi connectivity index (χ4v) is 0.954. The Balaban J connectivity index is 2.44. The number of hydrogen-bond acceptors (Lipinski definition) is 3. The van der Waals surface area contributed by atoms with Crippen molar-refractivity contribution in [3.05, 3.63) is 0 Å². The molecule has 0 aromatic heterocycles. The van der Waals surface area contributed by atoms with Gasteiger partial charge in [0.1, 0.15) is 18.5 Å². The number of halogens is 1. The molecule has 6 heteroatoms. The van der Waals surface area contributed by atoms with Gasteiger partial charge >= 0.3 is 0 Å². The zero-order valence-corrected chi connectivity index (χ0v) is 7.30. The van der Waals surface area contributed by atoms with E-state index in [9.17, 15) is 9.59 Å². The lowest BCUT2D eigenvalue weighted by atomic mass is 10.3. The predicted octanol–water partition coefficient (Wildman–Crippen LogP) is -0.886. The number of hydroxylamine groups is 2. The number of carbonyl (C=O) groups excluding carboxylic acids is 2. The van der Waals surface area contributed by atoms with Crippen molar-refractivity contribution in [2.24, 2.45) is 0 Å². The summed E-state index contributed by atoms with van der Waals surface area (Å²) in [6.45, 7) is 0.179. The number of likely N-dealkylation sites (N-methyl/N-ethyl adjacent to an activating group) is 1. The smallest absolute Gasteiger partial charge is 0.270 e. The van der Waals surface area contributed by atoms with E-state index in [4.69, 9.17) is 16.4 Å². The van der Waals surface area contributed by atoms with Crippen LogP contribution in [0.3, 0.4) is 0 Å². The second kappa shape index (κ2) is 3.73. The maximum Gasteiger partial charge on any atom is 0.270 e. The molecule has 12 heavy (non-hydrogen) atoms. The van der Waals surface area contributed by atoms with E-state index in [-0.39, 0.29) is 24.3 Å².